The van der Waals surface area contributed by atoms with Crippen molar-refractivity contribution in [2.45, 2.75) is 19.4 Å². The maximum absolute atomic E-state index is 12.8. The molecule has 0 fully saturated rings. The lowest BCUT2D eigenvalue weighted by atomic mass is 10.1. The van der Waals surface area contributed by atoms with Gasteiger partial charge in [-0.25, -0.2) is 13.4 Å². The van der Waals surface area contributed by atoms with Gasteiger partial charge >= 0.3 is 5.97 Å². The average Bonchev–Trinajstić information content (AvgIpc) is 3.38. The second-order valence-electron chi connectivity index (χ2n) is 7.36. The zero-order valence-corrected chi connectivity index (χ0v) is 19.1. The number of thiazole rings is 1. The molecule has 0 saturated heterocycles. The van der Waals surface area contributed by atoms with Gasteiger partial charge in [-0.2, -0.15) is 0 Å². The summed E-state index contributed by atoms with van der Waals surface area (Å²) >= 11 is 1.25. The zero-order chi connectivity index (χ0) is 22.9. The Morgan fingerprint density at radius 2 is 1.94 bits per heavy atom. The third kappa shape index (κ3) is 4.66. The van der Waals surface area contributed by atoms with Crippen molar-refractivity contribution in [2.24, 2.45) is 0 Å². The maximum Gasteiger partial charge on any atom is 0.303 e. The normalized spacial score (nSPS) is 14.0. The van der Waals surface area contributed by atoms with Gasteiger partial charge in [0, 0.05) is 30.0 Å². The minimum absolute atomic E-state index is 0.372. The second kappa shape index (κ2) is 8.71. The molecule has 1 N–H and O–H groups in total. The van der Waals surface area contributed by atoms with Crippen LogP contribution in [-0.4, -0.2) is 38.1 Å². The van der Waals surface area contributed by atoms with Gasteiger partial charge in [0.15, 0.2) is 5.13 Å². The van der Waals surface area contributed by atoms with Crippen LogP contribution in [0.2, 0.25) is 0 Å². The van der Waals surface area contributed by atoms with Gasteiger partial charge in [0.05, 0.1) is 17.6 Å². The Morgan fingerprint density at radius 3 is 2.62 bits per heavy atom. The van der Waals surface area contributed by atoms with E-state index >= 15 is 0 Å². The number of nitrogens with one attached hydrogen (secondary N) is 1. The number of hydrogen-bond donors (Lipinski definition) is 1. The summed E-state index contributed by atoms with van der Waals surface area (Å²) < 4.78 is 30.5. The summed E-state index contributed by atoms with van der Waals surface area (Å²) in [6.07, 6.45) is 0.748. The van der Waals surface area contributed by atoms with Crippen LogP contribution in [0.4, 0.5) is 10.8 Å². The van der Waals surface area contributed by atoms with Crippen molar-refractivity contribution in [1.29, 1.82) is 0 Å². The van der Waals surface area contributed by atoms with E-state index < -0.39 is 28.0 Å². The molecule has 1 atom stereocenters. The van der Waals surface area contributed by atoms with E-state index in [1.165, 1.54) is 28.8 Å². The van der Waals surface area contributed by atoms with Gasteiger partial charge in [-0.1, -0.05) is 36.4 Å². The Kier molecular flexibility index (Phi) is 5.98. The maximum atomic E-state index is 12.8. The van der Waals surface area contributed by atoms with Crippen molar-refractivity contribution in [3.63, 3.8) is 0 Å². The van der Waals surface area contributed by atoms with E-state index in [0.717, 1.165) is 11.1 Å². The Hall–Kier alpha value is -3.24. The van der Waals surface area contributed by atoms with Crippen molar-refractivity contribution in [1.82, 2.24) is 4.98 Å². The highest BCUT2D eigenvalue weighted by Crippen LogP contribution is 2.34. The van der Waals surface area contributed by atoms with E-state index in [4.69, 9.17) is 4.74 Å². The molecule has 166 valence electrons. The summed E-state index contributed by atoms with van der Waals surface area (Å²) in [5.41, 5.74) is 3.67. The number of fused-ring (bicyclic) bond motifs is 1. The fraction of sp³-hybridized carbons (Fsp3) is 0.227. The number of carbonyl (C=O) groups is 2. The molecule has 32 heavy (non-hydrogen) atoms. The predicted octanol–water partition coefficient (Wildman–Crippen LogP) is 3.38. The molecule has 2 heterocycles. The molecule has 0 aliphatic carbocycles. The van der Waals surface area contributed by atoms with Crippen molar-refractivity contribution in [3.05, 3.63) is 65.0 Å². The minimum Gasteiger partial charge on any atom is -0.447 e. The largest absolute Gasteiger partial charge is 0.447 e. The zero-order valence-electron chi connectivity index (χ0n) is 17.4. The van der Waals surface area contributed by atoms with E-state index in [-0.39, 0.29) is 0 Å². The SMILES string of the molecule is CC(=O)OC(C(=O)Nc1nc(-c2ccc3c(c2)CCN3S(C)(=O)=O)cs1)c1ccccc1. The van der Waals surface area contributed by atoms with Gasteiger partial charge in [-0.15, -0.1) is 11.3 Å². The molecule has 1 aliphatic rings. The van der Waals surface area contributed by atoms with Crippen LogP contribution in [0.15, 0.2) is 53.9 Å². The first-order valence-corrected chi connectivity index (χ1v) is 12.5. The summed E-state index contributed by atoms with van der Waals surface area (Å²) in [7, 11) is -3.31. The summed E-state index contributed by atoms with van der Waals surface area (Å²) in [5, 5.41) is 4.90. The molecule has 10 heteroatoms. The van der Waals surface area contributed by atoms with Crippen LogP contribution in [-0.2, 0) is 30.8 Å². The van der Waals surface area contributed by atoms with E-state index in [9.17, 15) is 18.0 Å². The smallest absolute Gasteiger partial charge is 0.303 e. The molecule has 4 rings (SSSR count). The van der Waals surface area contributed by atoms with Gasteiger partial charge < -0.3 is 4.74 Å². The molecule has 1 amide bonds. The molecule has 1 unspecified atom stereocenters. The van der Waals surface area contributed by atoms with Crippen LogP contribution in [0.5, 0.6) is 0 Å². The van der Waals surface area contributed by atoms with Crippen LogP contribution in [0.1, 0.15) is 24.2 Å². The third-order valence-electron chi connectivity index (χ3n) is 4.99. The number of rotatable bonds is 6. The van der Waals surface area contributed by atoms with Crippen LogP contribution in [0.25, 0.3) is 11.3 Å². The van der Waals surface area contributed by atoms with Crippen LogP contribution in [0.3, 0.4) is 0 Å². The monoisotopic (exact) mass is 471 g/mol. The van der Waals surface area contributed by atoms with Crippen molar-refractivity contribution >= 4 is 44.1 Å². The number of amides is 1. The summed E-state index contributed by atoms with van der Waals surface area (Å²) in [6, 6.07) is 14.3. The molecule has 0 radical (unpaired) electrons. The highest BCUT2D eigenvalue weighted by atomic mass is 32.2. The molecule has 3 aromatic rings. The van der Waals surface area contributed by atoms with Gasteiger partial charge in [0.2, 0.25) is 16.1 Å². The number of ether oxygens (including phenoxy) is 1. The van der Waals surface area contributed by atoms with Crippen molar-refractivity contribution in [2.75, 3.05) is 22.4 Å². The lowest BCUT2D eigenvalue weighted by Gasteiger charge is -2.16. The Labute approximate surface area is 189 Å². The average molecular weight is 472 g/mol. The molecule has 0 bridgehead atoms. The summed E-state index contributed by atoms with van der Waals surface area (Å²) in [4.78, 5) is 28.8. The first-order chi connectivity index (χ1) is 15.2. The Balaban J connectivity index is 1.53. The van der Waals surface area contributed by atoms with Gasteiger partial charge in [0.1, 0.15) is 0 Å². The molecule has 1 aromatic heterocycles. The van der Waals surface area contributed by atoms with Crippen LogP contribution < -0.4 is 9.62 Å². The number of nitrogens with zero attached hydrogens (tertiary/aromatic N) is 2. The fourth-order valence-electron chi connectivity index (χ4n) is 3.58. The number of esters is 1. The van der Waals surface area contributed by atoms with Gasteiger partial charge in [0.25, 0.3) is 5.91 Å². The van der Waals surface area contributed by atoms with Crippen LogP contribution >= 0.6 is 11.3 Å². The molecular formula is C22H21N3O5S2. The predicted molar refractivity (Wildman–Crippen MR) is 123 cm³/mol. The number of sulfonamides is 1. The third-order valence-corrected chi connectivity index (χ3v) is 6.92. The van der Waals surface area contributed by atoms with E-state index in [0.29, 0.717) is 35.0 Å². The number of anilines is 2. The summed E-state index contributed by atoms with van der Waals surface area (Å²) in [5.74, 6) is -1.06. The fourth-order valence-corrected chi connectivity index (χ4v) is 5.26. The van der Waals surface area contributed by atoms with E-state index in [1.807, 2.05) is 23.6 Å². The number of benzene rings is 2. The highest BCUT2D eigenvalue weighted by molar-refractivity contribution is 7.92. The van der Waals surface area contributed by atoms with Crippen molar-refractivity contribution in [3.8, 4) is 11.3 Å². The lowest BCUT2D eigenvalue weighted by molar-refractivity contribution is -0.152. The lowest BCUT2D eigenvalue weighted by Crippen LogP contribution is -2.27. The topological polar surface area (TPSA) is 106 Å². The van der Waals surface area contributed by atoms with Gasteiger partial charge in [-0.05, 0) is 24.1 Å². The number of aromatic nitrogens is 1. The highest BCUT2D eigenvalue weighted by Gasteiger charge is 2.27. The molecular weight excluding hydrogens is 450 g/mol. The Bertz CT molecular complexity index is 1270. The number of hydrogen-bond acceptors (Lipinski definition) is 7. The summed E-state index contributed by atoms with van der Waals surface area (Å²) in [6.45, 7) is 1.68. The molecule has 2 aromatic carbocycles. The number of carbonyl (C=O) groups excluding carboxylic acids is 2. The standard InChI is InChI=1S/C22H21N3O5S2/c1-14(26)30-20(15-6-4-3-5-7-15)21(27)24-22-23-18(13-31-22)16-8-9-19-17(12-16)10-11-25(19)32(2,28)29/h3-9,12-13,20H,10-11H2,1-2H3,(H,23,24,27). The minimum atomic E-state index is -3.31. The van der Waals surface area contributed by atoms with E-state index in [2.05, 4.69) is 10.3 Å². The van der Waals surface area contributed by atoms with Crippen molar-refractivity contribution < 1.29 is 22.7 Å². The second-order valence-corrected chi connectivity index (χ2v) is 10.1. The van der Waals surface area contributed by atoms with Gasteiger partial charge in [-0.3, -0.25) is 19.2 Å². The molecule has 1 aliphatic heterocycles. The Morgan fingerprint density at radius 1 is 1.19 bits per heavy atom. The quantitative estimate of drug-likeness (QED) is 0.553. The molecule has 8 nitrogen and oxygen atoms in total. The first-order valence-electron chi connectivity index (χ1n) is 9.82. The van der Waals surface area contributed by atoms with Crippen LogP contribution in [0, 0.1) is 0 Å². The molecule has 0 saturated carbocycles. The first kappa shape index (κ1) is 22.0. The molecule has 0 spiro atoms. The van der Waals surface area contributed by atoms with E-state index in [1.54, 1.807) is 30.3 Å².